The minimum atomic E-state index is 0.625. The van der Waals surface area contributed by atoms with Crippen molar-refractivity contribution in [1.82, 2.24) is 19.8 Å². The van der Waals surface area contributed by atoms with Crippen LogP contribution in [0.15, 0.2) is 35.0 Å². The Morgan fingerprint density at radius 1 is 1.17 bits per heavy atom. The van der Waals surface area contributed by atoms with Crippen LogP contribution in [0.25, 0.3) is 5.69 Å². The number of hydrogen-bond acceptors (Lipinski definition) is 4. The van der Waals surface area contributed by atoms with E-state index in [2.05, 4.69) is 66.3 Å². The molecule has 0 radical (unpaired) electrons. The maximum atomic E-state index is 5.55. The zero-order valence-corrected chi connectivity index (χ0v) is 15.1. The Labute approximate surface area is 144 Å². The summed E-state index contributed by atoms with van der Waals surface area (Å²) in [6, 6.07) is 8.43. The van der Waals surface area contributed by atoms with E-state index < -0.39 is 0 Å². The molecule has 0 aliphatic carbocycles. The molecule has 0 fully saturated rings. The zero-order chi connectivity index (χ0) is 16.4. The van der Waals surface area contributed by atoms with E-state index in [-0.39, 0.29) is 0 Å². The van der Waals surface area contributed by atoms with Crippen LogP contribution in [0, 0.1) is 18.6 Å². The normalized spacial score (nSPS) is 12.5. The van der Waals surface area contributed by atoms with Crippen molar-refractivity contribution in [2.24, 2.45) is 0 Å². The fourth-order valence-corrected chi connectivity index (χ4v) is 3.57. The first-order chi connectivity index (χ1) is 11.0. The second-order valence-corrected chi connectivity index (χ2v) is 7.09. The van der Waals surface area contributed by atoms with E-state index in [1.54, 1.807) is 20.7 Å². The van der Waals surface area contributed by atoms with Gasteiger partial charge in [-0.1, -0.05) is 6.07 Å². The number of benzene rings is 1. The standard InChI is InChI=1S/C16H19N5S2/c1-12-6-13(2)8-15(7-12)21-16(22)20(17-18-21)11-19(3)9-14-4-5-23-10-14/h4-8,10H,9,11H2,1-3H3/p+1. The summed E-state index contributed by atoms with van der Waals surface area (Å²) in [5.74, 6) is 0. The Morgan fingerprint density at radius 2 is 1.91 bits per heavy atom. The fourth-order valence-electron chi connectivity index (χ4n) is 2.66. The van der Waals surface area contributed by atoms with E-state index in [0.29, 0.717) is 11.4 Å². The molecule has 23 heavy (non-hydrogen) atoms. The molecule has 0 saturated heterocycles. The Kier molecular flexibility index (Phi) is 4.70. The summed E-state index contributed by atoms with van der Waals surface area (Å²) >= 11 is 7.27. The lowest BCUT2D eigenvalue weighted by Crippen LogP contribution is -3.06. The van der Waals surface area contributed by atoms with Crippen LogP contribution in [0.2, 0.25) is 0 Å². The van der Waals surface area contributed by atoms with E-state index in [1.165, 1.54) is 21.6 Å². The molecule has 2 aromatic heterocycles. The number of aromatic nitrogens is 4. The molecule has 2 heterocycles. The molecular weight excluding hydrogens is 326 g/mol. The number of rotatable bonds is 5. The molecule has 5 nitrogen and oxygen atoms in total. The van der Waals surface area contributed by atoms with Crippen LogP contribution < -0.4 is 4.90 Å². The first-order valence-corrected chi connectivity index (χ1v) is 8.82. The quantitative estimate of drug-likeness (QED) is 0.720. The number of tetrazole rings is 1. The van der Waals surface area contributed by atoms with Crippen molar-refractivity contribution in [2.75, 3.05) is 7.05 Å². The van der Waals surface area contributed by atoms with Crippen molar-refractivity contribution in [3.05, 3.63) is 56.5 Å². The Morgan fingerprint density at radius 3 is 2.57 bits per heavy atom. The van der Waals surface area contributed by atoms with Crippen LogP contribution in [0.1, 0.15) is 16.7 Å². The second-order valence-electron chi connectivity index (χ2n) is 5.94. The van der Waals surface area contributed by atoms with Gasteiger partial charge in [0.2, 0.25) is 4.77 Å². The number of nitrogens with one attached hydrogen (secondary N) is 1. The van der Waals surface area contributed by atoms with E-state index in [4.69, 9.17) is 12.2 Å². The predicted molar refractivity (Wildman–Crippen MR) is 94.6 cm³/mol. The van der Waals surface area contributed by atoms with Crippen molar-refractivity contribution in [1.29, 1.82) is 0 Å². The van der Waals surface area contributed by atoms with Crippen LogP contribution in [0.5, 0.6) is 0 Å². The Bertz CT molecular complexity index is 827. The average molecular weight is 347 g/mol. The van der Waals surface area contributed by atoms with Crippen LogP contribution in [0.3, 0.4) is 0 Å². The monoisotopic (exact) mass is 346 g/mol. The number of aryl methyl sites for hydroxylation is 2. The van der Waals surface area contributed by atoms with Gasteiger partial charge in [-0.3, -0.25) is 0 Å². The number of hydrogen-bond donors (Lipinski definition) is 1. The van der Waals surface area contributed by atoms with Gasteiger partial charge in [-0.15, -0.1) is 0 Å². The highest BCUT2D eigenvalue weighted by atomic mass is 32.1. The summed E-state index contributed by atoms with van der Waals surface area (Å²) in [6.07, 6.45) is 0. The maximum Gasteiger partial charge on any atom is 0.225 e. The highest BCUT2D eigenvalue weighted by Crippen LogP contribution is 2.12. The molecule has 0 spiro atoms. The number of thiophene rings is 1. The fraction of sp³-hybridized carbons (Fsp3) is 0.312. The van der Waals surface area contributed by atoms with Gasteiger partial charge in [0.1, 0.15) is 6.54 Å². The van der Waals surface area contributed by atoms with Gasteiger partial charge in [0.15, 0.2) is 6.67 Å². The van der Waals surface area contributed by atoms with Crippen LogP contribution >= 0.6 is 23.6 Å². The topological polar surface area (TPSA) is 40.1 Å². The van der Waals surface area contributed by atoms with Crippen molar-refractivity contribution in [2.45, 2.75) is 27.1 Å². The highest BCUT2D eigenvalue weighted by molar-refractivity contribution is 7.71. The van der Waals surface area contributed by atoms with Crippen LogP contribution in [-0.2, 0) is 13.2 Å². The zero-order valence-electron chi connectivity index (χ0n) is 13.5. The first kappa shape index (κ1) is 16.0. The van der Waals surface area contributed by atoms with Gasteiger partial charge < -0.3 is 4.90 Å². The van der Waals surface area contributed by atoms with Gasteiger partial charge in [0.05, 0.1) is 12.7 Å². The molecule has 120 valence electrons. The minimum absolute atomic E-state index is 0.625. The van der Waals surface area contributed by atoms with E-state index >= 15 is 0 Å². The third kappa shape index (κ3) is 3.74. The number of nitrogens with zero attached hydrogens (tertiary/aromatic N) is 4. The molecule has 1 atom stereocenters. The molecule has 1 aromatic carbocycles. The van der Waals surface area contributed by atoms with Crippen LogP contribution in [0.4, 0.5) is 0 Å². The predicted octanol–water partition coefficient (Wildman–Crippen LogP) is 2.15. The van der Waals surface area contributed by atoms with Gasteiger partial charge in [-0.05, 0) is 76.6 Å². The largest absolute Gasteiger partial charge is 0.315 e. The Hall–Kier alpha value is -1.83. The smallest absolute Gasteiger partial charge is 0.225 e. The lowest BCUT2D eigenvalue weighted by molar-refractivity contribution is -0.917. The maximum absolute atomic E-state index is 5.55. The summed E-state index contributed by atoms with van der Waals surface area (Å²) in [5, 5.41) is 12.7. The third-order valence-electron chi connectivity index (χ3n) is 3.60. The third-order valence-corrected chi connectivity index (χ3v) is 4.71. The molecule has 1 unspecified atom stereocenters. The molecule has 1 N–H and O–H groups in total. The molecule has 0 aliphatic rings. The van der Waals surface area contributed by atoms with E-state index in [0.717, 1.165) is 12.2 Å². The van der Waals surface area contributed by atoms with Crippen molar-refractivity contribution in [3.63, 3.8) is 0 Å². The molecule has 0 bridgehead atoms. The van der Waals surface area contributed by atoms with Crippen molar-refractivity contribution in [3.8, 4) is 5.69 Å². The molecule has 3 rings (SSSR count). The van der Waals surface area contributed by atoms with Gasteiger partial charge in [-0.25, -0.2) is 0 Å². The summed E-state index contributed by atoms with van der Waals surface area (Å²) in [5.41, 5.74) is 4.68. The number of quaternary nitrogens is 1. The van der Waals surface area contributed by atoms with Gasteiger partial charge >= 0.3 is 0 Å². The lowest BCUT2D eigenvalue weighted by atomic mass is 10.1. The second kappa shape index (κ2) is 6.74. The lowest BCUT2D eigenvalue weighted by Gasteiger charge is -2.12. The molecule has 0 saturated carbocycles. The average Bonchev–Trinajstić information content (AvgIpc) is 3.09. The van der Waals surface area contributed by atoms with Crippen LogP contribution in [-0.4, -0.2) is 26.8 Å². The van der Waals surface area contributed by atoms with Gasteiger partial charge in [-0.2, -0.15) is 20.7 Å². The first-order valence-electron chi connectivity index (χ1n) is 7.47. The van der Waals surface area contributed by atoms with E-state index in [9.17, 15) is 0 Å². The van der Waals surface area contributed by atoms with Gasteiger partial charge in [0.25, 0.3) is 0 Å². The van der Waals surface area contributed by atoms with Crippen molar-refractivity contribution < 1.29 is 4.90 Å². The summed E-state index contributed by atoms with van der Waals surface area (Å²) in [7, 11) is 2.13. The summed E-state index contributed by atoms with van der Waals surface area (Å²) in [4.78, 5) is 1.31. The van der Waals surface area contributed by atoms with Crippen molar-refractivity contribution >= 4 is 23.6 Å². The minimum Gasteiger partial charge on any atom is -0.315 e. The van der Waals surface area contributed by atoms with Gasteiger partial charge in [0, 0.05) is 5.56 Å². The molecular formula is C16H20N5S2+. The Balaban J connectivity index is 1.80. The molecule has 7 heteroatoms. The molecule has 0 aliphatic heterocycles. The van der Waals surface area contributed by atoms with E-state index in [1.807, 2.05) is 0 Å². The summed E-state index contributed by atoms with van der Waals surface area (Å²) in [6.45, 7) is 5.79. The molecule has 3 aromatic rings. The SMILES string of the molecule is Cc1cc(C)cc(-n2nnn(C[NH+](C)Cc3ccsc3)c2=S)c1. The summed E-state index contributed by atoms with van der Waals surface area (Å²) < 4.78 is 4.14. The highest BCUT2D eigenvalue weighted by Gasteiger charge is 2.11. The molecule has 0 amide bonds.